The summed E-state index contributed by atoms with van der Waals surface area (Å²) in [7, 11) is 1.99. The Kier molecular flexibility index (Phi) is 4.65. The van der Waals surface area contributed by atoms with E-state index in [-0.39, 0.29) is 23.0 Å². The molecule has 0 spiro atoms. The molecule has 7 atom stereocenters. The highest BCUT2D eigenvalue weighted by Gasteiger charge is 2.59. The summed E-state index contributed by atoms with van der Waals surface area (Å²) in [4.78, 5) is 0. The second-order valence-corrected chi connectivity index (χ2v) is 11.2. The Morgan fingerprint density at radius 2 is 1.87 bits per heavy atom. The molecule has 0 bridgehead atoms. The Labute approximate surface area is 181 Å². The molecule has 4 nitrogen and oxygen atoms in total. The number of aryl methyl sites for hydroxylation is 2. The van der Waals surface area contributed by atoms with Crippen molar-refractivity contribution in [2.45, 2.75) is 84.8 Å². The van der Waals surface area contributed by atoms with Crippen LogP contribution in [0.2, 0.25) is 0 Å². The van der Waals surface area contributed by atoms with E-state index in [2.05, 4.69) is 44.9 Å². The molecule has 4 heteroatoms. The number of aliphatic hydroxyl groups excluding tert-OH is 2. The van der Waals surface area contributed by atoms with Crippen molar-refractivity contribution in [2.24, 2.45) is 35.6 Å². The second-order valence-electron chi connectivity index (χ2n) is 11.2. The molecule has 30 heavy (non-hydrogen) atoms. The van der Waals surface area contributed by atoms with Crippen LogP contribution >= 0.6 is 0 Å². The predicted octanol–water partition coefficient (Wildman–Crippen LogP) is 4.71. The molecule has 1 aromatic heterocycles. The molecule has 4 aliphatic carbocycles. The first-order chi connectivity index (χ1) is 14.1. The van der Waals surface area contributed by atoms with Crippen LogP contribution in [0, 0.1) is 42.4 Å². The summed E-state index contributed by atoms with van der Waals surface area (Å²) in [5.41, 5.74) is 6.35. The normalized spacial score (nSPS) is 44.4. The quantitative estimate of drug-likeness (QED) is 0.659. The van der Waals surface area contributed by atoms with Gasteiger partial charge in [0.1, 0.15) is 0 Å². The zero-order valence-electron chi connectivity index (χ0n) is 19.3. The van der Waals surface area contributed by atoms with Crippen molar-refractivity contribution in [1.82, 2.24) is 9.78 Å². The third-order valence-corrected chi connectivity index (χ3v) is 9.84. The molecular weight excluding hydrogens is 372 g/mol. The molecule has 3 fully saturated rings. The standard InChI is InChI=1S/C26H38N2O2/c1-15-21(16(2)28(5)27-15)12-17-13-23-20-7-6-18-14-19(29)8-10-25(18,3)22(20)9-11-26(23,4)24(17)30/h6,12,19-20,22-24,29-30H,7-11,13-14H2,1-5H3/b17-12+/t19-,20-,22+,23+,24+,25+,26+/m1/s1. The lowest BCUT2D eigenvalue weighted by Crippen LogP contribution is -2.51. The van der Waals surface area contributed by atoms with Gasteiger partial charge in [0.25, 0.3) is 0 Å². The van der Waals surface area contributed by atoms with Gasteiger partial charge in [0, 0.05) is 23.7 Å². The molecule has 4 aliphatic rings. The van der Waals surface area contributed by atoms with Crippen molar-refractivity contribution >= 4 is 6.08 Å². The summed E-state index contributed by atoms with van der Waals surface area (Å²) in [5, 5.41) is 26.3. The van der Waals surface area contributed by atoms with Crippen LogP contribution < -0.4 is 0 Å². The lowest BCUT2D eigenvalue weighted by Gasteiger charge is -2.57. The first-order valence-electron chi connectivity index (χ1n) is 11.9. The van der Waals surface area contributed by atoms with Crippen LogP contribution in [0.5, 0.6) is 0 Å². The van der Waals surface area contributed by atoms with Gasteiger partial charge in [-0.1, -0.05) is 25.5 Å². The predicted molar refractivity (Wildman–Crippen MR) is 120 cm³/mol. The van der Waals surface area contributed by atoms with Gasteiger partial charge in [-0.2, -0.15) is 5.10 Å². The van der Waals surface area contributed by atoms with Crippen LogP contribution in [-0.2, 0) is 7.05 Å². The number of hydrogen-bond acceptors (Lipinski definition) is 3. The molecule has 2 N–H and O–H groups in total. The minimum absolute atomic E-state index is 0.0209. The van der Waals surface area contributed by atoms with Gasteiger partial charge in [-0.05, 0) is 93.6 Å². The lowest BCUT2D eigenvalue weighted by atomic mass is 9.48. The largest absolute Gasteiger partial charge is 0.393 e. The third-order valence-electron chi connectivity index (χ3n) is 9.84. The summed E-state index contributed by atoms with van der Waals surface area (Å²) in [5.74, 6) is 1.87. The average Bonchev–Trinajstić information content (AvgIpc) is 3.10. The maximum atomic E-state index is 11.5. The maximum Gasteiger partial charge on any atom is 0.0809 e. The van der Waals surface area contributed by atoms with E-state index in [1.165, 1.54) is 28.8 Å². The number of hydrogen-bond donors (Lipinski definition) is 2. The van der Waals surface area contributed by atoms with E-state index in [1.54, 1.807) is 0 Å². The van der Waals surface area contributed by atoms with E-state index in [4.69, 9.17) is 0 Å². The Hall–Kier alpha value is -1.39. The highest BCUT2D eigenvalue weighted by molar-refractivity contribution is 5.59. The summed E-state index contributed by atoms with van der Waals surface area (Å²) in [6, 6.07) is 0. The first kappa shape index (κ1) is 20.5. The average molecular weight is 411 g/mol. The van der Waals surface area contributed by atoms with Gasteiger partial charge in [-0.3, -0.25) is 4.68 Å². The molecule has 0 aliphatic heterocycles. The van der Waals surface area contributed by atoms with Gasteiger partial charge in [-0.25, -0.2) is 0 Å². The van der Waals surface area contributed by atoms with Crippen LogP contribution in [0.1, 0.15) is 75.7 Å². The molecule has 0 radical (unpaired) electrons. The van der Waals surface area contributed by atoms with Crippen LogP contribution in [-0.4, -0.2) is 32.2 Å². The summed E-state index contributed by atoms with van der Waals surface area (Å²) in [6.07, 6.45) is 11.6. The summed E-state index contributed by atoms with van der Waals surface area (Å²) >= 11 is 0. The van der Waals surface area contributed by atoms with Crippen LogP contribution in [0.3, 0.4) is 0 Å². The molecule has 1 aromatic rings. The zero-order valence-corrected chi connectivity index (χ0v) is 19.3. The summed E-state index contributed by atoms with van der Waals surface area (Å²) in [6.45, 7) is 8.99. The Morgan fingerprint density at radius 3 is 2.57 bits per heavy atom. The monoisotopic (exact) mass is 410 g/mol. The van der Waals surface area contributed by atoms with E-state index in [0.717, 1.165) is 44.2 Å². The van der Waals surface area contributed by atoms with Crippen LogP contribution in [0.4, 0.5) is 0 Å². The number of fused-ring (bicyclic) bond motifs is 5. The molecule has 0 unspecified atom stereocenters. The molecule has 164 valence electrons. The smallest absolute Gasteiger partial charge is 0.0809 e. The van der Waals surface area contributed by atoms with E-state index in [1.807, 2.05) is 11.7 Å². The molecular formula is C26H38N2O2. The second kappa shape index (κ2) is 6.80. The zero-order chi connectivity index (χ0) is 21.4. The fraction of sp³-hybridized carbons (Fsp3) is 0.731. The van der Waals surface area contributed by atoms with Gasteiger partial charge in [0.15, 0.2) is 0 Å². The number of allylic oxidation sites excluding steroid dienone is 1. The molecule has 0 aromatic carbocycles. The van der Waals surface area contributed by atoms with Gasteiger partial charge < -0.3 is 10.2 Å². The maximum absolute atomic E-state index is 11.5. The molecule has 5 rings (SSSR count). The fourth-order valence-corrected chi connectivity index (χ4v) is 7.82. The Bertz CT molecular complexity index is 928. The third kappa shape index (κ3) is 2.75. The minimum Gasteiger partial charge on any atom is -0.393 e. The Balaban J connectivity index is 1.49. The Morgan fingerprint density at radius 1 is 1.10 bits per heavy atom. The fourth-order valence-electron chi connectivity index (χ4n) is 7.82. The molecule has 1 heterocycles. The van der Waals surface area contributed by atoms with Gasteiger partial charge in [0.2, 0.25) is 0 Å². The number of aliphatic hydroxyl groups is 2. The number of aromatic nitrogens is 2. The van der Waals surface area contributed by atoms with Crippen molar-refractivity contribution in [2.75, 3.05) is 0 Å². The van der Waals surface area contributed by atoms with Crippen molar-refractivity contribution in [3.05, 3.63) is 34.2 Å². The van der Waals surface area contributed by atoms with E-state index in [9.17, 15) is 10.2 Å². The van der Waals surface area contributed by atoms with Crippen molar-refractivity contribution < 1.29 is 10.2 Å². The van der Waals surface area contributed by atoms with Gasteiger partial charge >= 0.3 is 0 Å². The number of rotatable bonds is 1. The minimum atomic E-state index is -0.353. The van der Waals surface area contributed by atoms with Crippen LogP contribution in [0.25, 0.3) is 6.08 Å². The van der Waals surface area contributed by atoms with E-state index in [0.29, 0.717) is 17.8 Å². The highest BCUT2D eigenvalue weighted by Crippen LogP contribution is 2.65. The van der Waals surface area contributed by atoms with Gasteiger partial charge in [-0.15, -0.1) is 0 Å². The number of nitrogens with zero attached hydrogens (tertiary/aromatic N) is 2. The SMILES string of the molecule is Cc1nn(C)c(C)c1/C=C1\C[C@H]2[C@@H]3CC=C4C[C@H](O)CC[C@]4(C)[C@H]3CC[C@]2(C)[C@H]1O. The van der Waals surface area contributed by atoms with Crippen molar-refractivity contribution in [3.8, 4) is 0 Å². The molecule has 3 saturated carbocycles. The highest BCUT2D eigenvalue weighted by atomic mass is 16.3. The van der Waals surface area contributed by atoms with Crippen molar-refractivity contribution in [1.29, 1.82) is 0 Å². The van der Waals surface area contributed by atoms with Crippen LogP contribution in [0.15, 0.2) is 17.2 Å². The summed E-state index contributed by atoms with van der Waals surface area (Å²) < 4.78 is 1.94. The molecule has 0 saturated heterocycles. The topological polar surface area (TPSA) is 58.3 Å². The van der Waals surface area contributed by atoms with E-state index >= 15 is 0 Å². The lowest BCUT2D eigenvalue weighted by molar-refractivity contribution is -0.0685. The molecule has 0 amide bonds. The van der Waals surface area contributed by atoms with Gasteiger partial charge in [0.05, 0.1) is 17.9 Å². The van der Waals surface area contributed by atoms with E-state index < -0.39 is 0 Å². The van der Waals surface area contributed by atoms with Crippen molar-refractivity contribution in [3.63, 3.8) is 0 Å². The first-order valence-corrected chi connectivity index (χ1v) is 11.9.